The minimum absolute atomic E-state index is 0.0842. The minimum Gasteiger partial charge on any atom is -0.466 e. The first-order chi connectivity index (χ1) is 20.4. The van der Waals surface area contributed by atoms with E-state index in [0.29, 0.717) is 42.0 Å². The van der Waals surface area contributed by atoms with Crippen molar-refractivity contribution >= 4 is 57.9 Å². The number of fused-ring (bicyclic) bond motifs is 3. The Labute approximate surface area is 247 Å². The summed E-state index contributed by atoms with van der Waals surface area (Å²) in [5.74, 6) is 1.49. The van der Waals surface area contributed by atoms with E-state index in [4.69, 9.17) is 4.74 Å². The number of para-hydroxylation sites is 1. The molecule has 3 aliphatic rings. The van der Waals surface area contributed by atoms with Crippen LogP contribution < -0.4 is 26.6 Å². The molecule has 3 aromatic rings. The van der Waals surface area contributed by atoms with Gasteiger partial charge in [-0.15, -0.1) is 0 Å². The van der Waals surface area contributed by atoms with Crippen molar-refractivity contribution in [3.05, 3.63) is 42.4 Å². The summed E-state index contributed by atoms with van der Waals surface area (Å²) >= 11 is 1.87. The molecule has 3 aliphatic heterocycles. The van der Waals surface area contributed by atoms with Crippen molar-refractivity contribution in [3.8, 4) is 0 Å². The summed E-state index contributed by atoms with van der Waals surface area (Å²) in [5.41, 5.74) is 1.83. The second-order valence-electron chi connectivity index (χ2n) is 11.2. The molecule has 2 fully saturated rings. The zero-order valence-electron chi connectivity index (χ0n) is 23.5. The Bertz CT molecular complexity index is 1480. The predicted molar refractivity (Wildman–Crippen MR) is 163 cm³/mol. The lowest BCUT2D eigenvalue weighted by molar-refractivity contribution is -0.144. The number of aromatic amines is 1. The van der Waals surface area contributed by atoms with Gasteiger partial charge in [-0.05, 0) is 37.8 Å². The summed E-state index contributed by atoms with van der Waals surface area (Å²) in [5, 5.41) is 17.0. The Morgan fingerprint density at radius 2 is 2.07 bits per heavy atom. The van der Waals surface area contributed by atoms with E-state index >= 15 is 0 Å². The van der Waals surface area contributed by atoms with Gasteiger partial charge in [0, 0.05) is 47.5 Å². The van der Waals surface area contributed by atoms with Gasteiger partial charge >= 0.3 is 12.0 Å². The standard InChI is InChI=1S/C29H36N8O4S/c1-29(11-13-41-22(38)9-5-4-8-21-23-20(15-42-21)34-28(40)36-23)27(39)35-24-25(32-16-33-26(24)37-29)30-12-10-17-14-31-19-7-3-2-6-18(17)19/h2-3,6-7,14,16,20-21,23,31H,4-5,8-13,15H2,1H3,(H,35,39)(H2,34,36,40)(H2,30,32,33,37). The number of nitrogens with one attached hydrogen (secondary N) is 6. The maximum atomic E-state index is 13.1. The lowest BCUT2D eigenvalue weighted by Gasteiger charge is -2.35. The maximum Gasteiger partial charge on any atom is 0.315 e. The summed E-state index contributed by atoms with van der Waals surface area (Å²) in [6.45, 7) is 2.52. The number of carbonyl (C=O) groups excluding carboxylic acids is 3. The number of benzene rings is 1. The molecular weight excluding hydrogens is 556 g/mol. The summed E-state index contributed by atoms with van der Waals surface area (Å²) in [6, 6.07) is 8.48. The number of ether oxygens (including phenoxy) is 1. The number of anilines is 3. The number of hydrogen-bond donors (Lipinski definition) is 6. The fourth-order valence-corrected chi connectivity index (χ4v) is 7.38. The van der Waals surface area contributed by atoms with Crippen LogP contribution in [0.2, 0.25) is 0 Å². The number of thioether (sulfide) groups is 1. The Morgan fingerprint density at radius 3 is 2.98 bits per heavy atom. The molecule has 2 saturated heterocycles. The average molecular weight is 593 g/mol. The van der Waals surface area contributed by atoms with Gasteiger partial charge in [0.25, 0.3) is 0 Å². The molecule has 0 bridgehead atoms. The van der Waals surface area contributed by atoms with Crippen LogP contribution in [0.3, 0.4) is 0 Å². The zero-order chi connectivity index (χ0) is 29.1. The minimum atomic E-state index is -0.987. The van der Waals surface area contributed by atoms with Crippen LogP contribution in [0.15, 0.2) is 36.8 Å². The van der Waals surface area contributed by atoms with Crippen LogP contribution in [-0.4, -0.2) is 74.6 Å². The van der Waals surface area contributed by atoms with Gasteiger partial charge in [-0.1, -0.05) is 24.6 Å². The van der Waals surface area contributed by atoms with Gasteiger partial charge in [0.2, 0.25) is 5.91 Å². The second kappa shape index (κ2) is 12.1. The Morgan fingerprint density at radius 1 is 1.19 bits per heavy atom. The second-order valence-corrected chi connectivity index (χ2v) is 12.5. The van der Waals surface area contributed by atoms with Gasteiger partial charge in [-0.2, -0.15) is 11.8 Å². The molecule has 0 aliphatic carbocycles. The van der Waals surface area contributed by atoms with Gasteiger partial charge in [-0.3, -0.25) is 9.59 Å². The average Bonchev–Trinajstić information content (AvgIpc) is 3.66. The molecule has 6 N–H and O–H groups in total. The zero-order valence-corrected chi connectivity index (χ0v) is 24.3. The van der Waals surface area contributed by atoms with Crippen molar-refractivity contribution in [2.24, 2.45) is 0 Å². The third-order valence-corrected chi connectivity index (χ3v) is 9.77. The number of carbonyl (C=O) groups is 3. The molecule has 0 spiro atoms. The van der Waals surface area contributed by atoms with Crippen molar-refractivity contribution in [1.82, 2.24) is 25.6 Å². The van der Waals surface area contributed by atoms with Crippen LogP contribution in [0.25, 0.3) is 10.9 Å². The molecule has 5 heterocycles. The normalized spacial score (nSPS) is 24.3. The molecule has 6 rings (SSSR count). The molecular formula is C29H36N8O4S. The monoisotopic (exact) mass is 592 g/mol. The number of nitrogens with zero attached hydrogens (tertiary/aromatic N) is 2. The lowest BCUT2D eigenvalue weighted by atomic mass is 9.94. The number of hydrogen-bond acceptors (Lipinski definition) is 9. The molecule has 1 aromatic carbocycles. The Kier molecular flexibility index (Phi) is 8.09. The predicted octanol–water partition coefficient (Wildman–Crippen LogP) is 3.39. The van der Waals surface area contributed by atoms with Gasteiger partial charge in [0.1, 0.15) is 17.6 Å². The first-order valence-corrected chi connectivity index (χ1v) is 15.5. The van der Waals surface area contributed by atoms with Crippen LogP contribution in [0.4, 0.5) is 22.1 Å². The molecule has 13 heteroatoms. The molecule has 0 radical (unpaired) electrons. The van der Waals surface area contributed by atoms with Crippen molar-refractivity contribution < 1.29 is 19.1 Å². The lowest BCUT2D eigenvalue weighted by Crippen LogP contribution is -2.51. The number of aromatic nitrogens is 3. The number of rotatable bonds is 12. The largest absolute Gasteiger partial charge is 0.466 e. The molecule has 4 unspecified atom stereocenters. The van der Waals surface area contributed by atoms with Crippen LogP contribution >= 0.6 is 11.8 Å². The van der Waals surface area contributed by atoms with E-state index in [0.717, 1.165) is 37.0 Å². The van der Waals surface area contributed by atoms with E-state index < -0.39 is 5.54 Å². The summed E-state index contributed by atoms with van der Waals surface area (Å²) in [6.07, 6.45) is 7.45. The number of urea groups is 1. The van der Waals surface area contributed by atoms with E-state index in [1.165, 1.54) is 17.3 Å². The fourth-order valence-electron chi connectivity index (χ4n) is 5.83. The van der Waals surface area contributed by atoms with E-state index in [-0.39, 0.29) is 36.6 Å². The molecule has 222 valence electrons. The summed E-state index contributed by atoms with van der Waals surface area (Å²) < 4.78 is 5.47. The Hall–Kier alpha value is -4.00. The fraction of sp³-hybridized carbons (Fsp3) is 0.483. The highest BCUT2D eigenvalue weighted by molar-refractivity contribution is 8.00. The highest BCUT2D eigenvalue weighted by Gasteiger charge is 2.42. The summed E-state index contributed by atoms with van der Waals surface area (Å²) in [7, 11) is 0. The van der Waals surface area contributed by atoms with Crippen molar-refractivity contribution in [1.29, 1.82) is 0 Å². The number of esters is 1. The van der Waals surface area contributed by atoms with Crippen molar-refractivity contribution in [3.63, 3.8) is 0 Å². The van der Waals surface area contributed by atoms with Crippen LogP contribution in [0, 0.1) is 0 Å². The number of unbranched alkanes of at least 4 members (excludes halogenated alkanes) is 1. The van der Waals surface area contributed by atoms with Crippen molar-refractivity contribution in [2.45, 2.75) is 68.3 Å². The maximum absolute atomic E-state index is 13.1. The molecule has 0 saturated carbocycles. The van der Waals surface area contributed by atoms with Crippen molar-refractivity contribution in [2.75, 3.05) is 34.9 Å². The topological polar surface area (TPSA) is 162 Å². The first-order valence-electron chi connectivity index (χ1n) is 14.5. The van der Waals surface area contributed by atoms with E-state index in [2.05, 4.69) is 53.7 Å². The third kappa shape index (κ3) is 5.96. The molecule has 42 heavy (non-hydrogen) atoms. The first kappa shape index (κ1) is 28.1. The smallest absolute Gasteiger partial charge is 0.315 e. The molecule has 4 atom stereocenters. The van der Waals surface area contributed by atoms with Gasteiger partial charge in [0.15, 0.2) is 11.6 Å². The number of amides is 3. The highest BCUT2D eigenvalue weighted by atomic mass is 32.2. The van der Waals surface area contributed by atoms with Gasteiger partial charge in [-0.25, -0.2) is 14.8 Å². The molecule has 2 aromatic heterocycles. The molecule has 3 amide bonds. The Balaban J connectivity index is 0.940. The highest BCUT2D eigenvalue weighted by Crippen LogP contribution is 2.35. The van der Waals surface area contributed by atoms with E-state index in [1.54, 1.807) is 6.92 Å². The van der Waals surface area contributed by atoms with E-state index in [1.807, 2.05) is 30.1 Å². The van der Waals surface area contributed by atoms with Crippen LogP contribution in [0.1, 0.15) is 44.6 Å². The summed E-state index contributed by atoms with van der Waals surface area (Å²) in [4.78, 5) is 49.0. The van der Waals surface area contributed by atoms with E-state index in [9.17, 15) is 14.4 Å². The SMILES string of the molecule is CC1(CCOC(=O)CCCCC2SCC3NC(=O)NC32)Nc2ncnc(NCCc3c[nH]c4ccccc34)c2NC1=O. The van der Waals surface area contributed by atoms with Gasteiger partial charge < -0.3 is 36.3 Å². The third-order valence-electron chi connectivity index (χ3n) is 8.27. The number of H-pyrrole nitrogens is 1. The quantitative estimate of drug-likeness (QED) is 0.105. The van der Waals surface area contributed by atoms with Crippen LogP contribution in [0.5, 0.6) is 0 Å². The van der Waals surface area contributed by atoms with Gasteiger partial charge in [0.05, 0.1) is 18.7 Å². The molecule has 12 nitrogen and oxygen atoms in total. The van der Waals surface area contributed by atoms with Crippen LogP contribution in [-0.2, 0) is 20.7 Å².